The van der Waals surface area contributed by atoms with Gasteiger partial charge in [-0.3, -0.25) is 14.4 Å². The van der Waals surface area contributed by atoms with Gasteiger partial charge in [0, 0.05) is 37.8 Å². The van der Waals surface area contributed by atoms with Crippen LogP contribution >= 0.6 is 0 Å². The highest BCUT2D eigenvalue weighted by molar-refractivity contribution is 5.92. The van der Waals surface area contributed by atoms with Gasteiger partial charge in [-0.1, -0.05) is 18.2 Å². The fourth-order valence-corrected chi connectivity index (χ4v) is 3.42. The predicted molar refractivity (Wildman–Crippen MR) is 103 cm³/mol. The first-order valence-corrected chi connectivity index (χ1v) is 9.52. The number of amides is 1. The van der Waals surface area contributed by atoms with Crippen LogP contribution in [0.25, 0.3) is 11.4 Å². The van der Waals surface area contributed by atoms with Crippen molar-refractivity contribution in [1.82, 2.24) is 40.6 Å². The lowest BCUT2D eigenvalue weighted by Gasteiger charge is -2.23. The molecular weight excluding hydrogens is 356 g/mol. The van der Waals surface area contributed by atoms with Crippen molar-refractivity contribution in [3.63, 3.8) is 0 Å². The molecule has 4 rings (SSSR count). The second kappa shape index (κ2) is 7.89. The van der Waals surface area contributed by atoms with Crippen LogP contribution in [0.4, 0.5) is 0 Å². The van der Waals surface area contributed by atoms with Crippen LogP contribution in [0, 0.1) is 0 Å². The third-order valence-corrected chi connectivity index (χ3v) is 4.99. The van der Waals surface area contributed by atoms with E-state index in [1.54, 1.807) is 0 Å². The number of rotatable bonds is 5. The molecule has 0 atom stereocenters. The lowest BCUT2D eigenvalue weighted by Crippen LogP contribution is -2.30. The van der Waals surface area contributed by atoms with E-state index >= 15 is 0 Å². The Balaban J connectivity index is 1.42. The SMILES string of the molecule is CC(C)N1CCCn2nc(C(=O)NCc3cccc(-c4nn[nH]n4)c3)cc2C1. The first-order valence-electron chi connectivity index (χ1n) is 9.52. The molecule has 0 aliphatic carbocycles. The Bertz CT molecular complexity index is 947. The molecule has 0 fully saturated rings. The Hall–Kier alpha value is -3.07. The summed E-state index contributed by atoms with van der Waals surface area (Å²) in [6.45, 7) is 7.53. The molecule has 1 aliphatic heterocycles. The number of hydrogen-bond acceptors (Lipinski definition) is 6. The Morgan fingerprint density at radius 3 is 2.96 bits per heavy atom. The predicted octanol–water partition coefficient (Wildman–Crippen LogP) is 1.61. The Kier molecular flexibility index (Phi) is 5.16. The molecule has 3 heterocycles. The van der Waals surface area contributed by atoms with Gasteiger partial charge in [0.1, 0.15) is 0 Å². The number of aryl methyl sites for hydroxylation is 1. The van der Waals surface area contributed by atoms with E-state index in [-0.39, 0.29) is 5.91 Å². The summed E-state index contributed by atoms with van der Waals surface area (Å²) in [5, 5.41) is 21.5. The number of H-pyrrole nitrogens is 1. The first-order chi connectivity index (χ1) is 13.6. The first kappa shape index (κ1) is 18.3. The highest BCUT2D eigenvalue weighted by Crippen LogP contribution is 2.17. The zero-order valence-electron chi connectivity index (χ0n) is 16.1. The molecule has 9 nitrogen and oxygen atoms in total. The number of fused-ring (bicyclic) bond motifs is 1. The molecule has 0 radical (unpaired) electrons. The molecule has 9 heteroatoms. The number of carbonyl (C=O) groups is 1. The highest BCUT2D eigenvalue weighted by Gasteiger charge is 2.20. The van der Waals surface area contributed by atoms with Gasteiger partial charge in [0.2, 0.25) is 5.82 Å². The van der Waals surface area contributed by atoms with Crippen LogP contribution in [0.3, 0.4) is 0 Å². The number of tetrazole rings is 1. The molecule has 0 spiro atoms. The number of aromatic nitrogens is 6. The highest BCUT2D eigenvalue weighted by atomic mass is 16.1. The minimum absolute atomic E-state index is 0.165. The number of nitrogens with one attached hydrogen (secondary N) is 2. The average Bonchev–Trinajstić information content (AvgIpc) is 3.32. The van der Waals surface area contributed by atoms with Gasteiger partial charge >= 0.3 is 0 Å². The number of aromatic amines is 1. The second-order valence-electron chi connectivity index (χ2n) is 7.28. The zero-order valence-corrected chi connectivity index (χ0v) is 16.1. The number of carbonyl (C=O) groups excluding carboxylic acids is 1. The largest absolute Gasteiger partial charge is 0.347 e. The van der Waals surface area contributed by atoms with Gasteiger partial charge in [-0.25, -0.2) is 0 Å². The van der Waals surface area contributed by atoms with Gasteiger partial charge in [-0.15, -0.1) is 10.2 Å². The average molecular weight is 380 g/mol. The van der Waals surface area contributed by atoms with Crippen molar-refractivity contribution >= 4 is 5.91 Å². The normalized spacial score (nSPS) is 14.7. The smallest absolute Gasteiger partial charge is 0.272 e. The van der Waals surface area contributed by atoms with Gasteiger partial charge in [-0.2, -0.15) is 10.3 Å². The maximum Gasteiger partial charge on any atom is 0.272 e. The third-order valence-electron chi connectivity index (χ3n) is 4.99. The standard InChI is InChI=1S/C19H24N8O/c1-13(2)26-7-4-8-27-16(12-26)10-17(23-27)19(28)20-11-14-5-3-6-15(9-14)18-21-24-25-22-18/h3,5-6,9-10,13H,4,7-8,11-12H2,1-2H3,(H,20,28)(H,21,22,24,25). The Morgan fingerprint density at radius 2 is 2.18 bits per heavy atom. The van der Waals surface area contributed by atoms with E-state index < -0.39 is 0 Å². The van der Waals surface area contributed by atoms with Gasteiger partial charge in [0.15, 0.2) is 5.69 Å². The van der Waals surface area contributed by atoms with Crippen molar-refractivity contribution in [2.45, 2.75) is 45.9 Å². The van der Waals surface area contributed by atoms with Gasteiger partial charge in [0.05, 0.1) is 5.69 Å². The molecule has 0 bridgehead atoms. The van der Waals surface area contributed by atoms with Crippen molar-refractivity contribution < 1.29 is 4.79 Å². The number of benzene rings is 1. The van der Waals surface area contributed by atoms with Crippen molar-refractivity contribution in [3.05, 3.63) is 47.3 Å². The van der Waals surface area contributed by atoms with Crippen LogP contribution in [-0.4, -0.2) is 53.8 Å². The van der Waals surface area contributed by atoms with Crippen molar-refractivity contribution in [2.24, 2.45) is 0 Å². The summed E-state index contributed by atoms with van der Waals surface area (Å²) in [5.41, 5.74) is 3.37. The zero-order chi connectivity index (χ0) is 19.5. The van der Waals surface area contributed by atoms with Crippen molar-refractivity contribution in [1.29, 1.82) is 0 Å². The lowest BCUT2D eigenvalue weighted by atomic mass is 10.1. The molecule has 0 saturated carbocycles. The molecule has 1 amide bonds. The third kappa shape index (κ3) is 3.94. The van der Waals surface area contributed by atoms with E-state index in [1.165, 1.54) is 0 Å². The van der Waals surface area contributed by atoms with E-state index in [9.17, 15) is 4.79 Å². The summed E-state index contributed by atoms with van der Waals surface area (Å²) in [6.07, 6.45) is 1.04. The van der Waals surface area contributed by atoms with E-state index in [4.69, 9.17) is 0 Å². The van der Waals surface area contributed by atoms with Crippen molar-refractivity contribution in [2.75, 3.05) is 6.54 Å². The Labute approximate surface area is 163 Å². The maximum absolute atomic E-state index is 12.6. The maximum atomic E-state index is 12.6. The lowest BCUT2D eigenvalue weighted by molar-refractivity contribution is 0.0945. The molecule has 0 saturated heterocycles. The van der Waals surface area contributed by atoms with Gasteiger partial charge in [0.25, 0.3) is 5.91 Å². The summed E-state index contributed by atoms with van der Waals surface area (Å²) in [5.74, 6) is 0.363. The summed E-state index contributed by atoms with van der Waals surface area (Å²) >= 11 is 0. The molecule has 2 aromatic heterocycles. The molecule has 146 valence electrons. The second-order valence-corrected chi connectivity index (χ2v) is 7.28. The molecule has 0 unspecified atom stereocenters. The fourth-order valence-electron chi connectivity index (χ4n) is 3.42. The quantitative estimate of drug-likeness (QED) is 0.697. The van der Waals surface area contributed by atoms with Crippen LogP contribution in [0.1, 0.15) is 42.0 Å². The Morgan fingerprint density at radius 1 is 1.29 bits per heavy atom. The van der Waals surface area contributed by atoms with E-state index in [2.05, 4.69) is 49.8 Å². The van der Waals surface area contributed by atoms with E-state index in [1.807, 2.05) is 35.0 Å². The van der Waals surface area contributed by atoms with Crippen LogP contribution in [0.15, 0.2) is 30.3 Å². The molecule has 1 aromatic carbocycles. The van der Waals surface area contributed by atoms with Crippen LogP contribution in [0.5, 0.6) is 0 Å². The number of nitrogens with zero attached hydrogens (tertiary/aromatic N) is 6. The summed E-state index contributed by atoms with van der Waals surface area (Å²) in [7, 11) is 0. The topological polar surface area (TPSA) is 105 Å². The number of hydrogen-bond donors (Lipinski definition) is 2. The molecule has 1 aliphatic rings. The monoisotopic (exact) mass is 380 g/mol. The summed E-state index contributed by atoms with van der Waals surface area (Å²) in [4.78, 5) is 15.0. The molecular formula is C19H24N8O. The van der Waals surface area contributed by atoms with E-state index in [0.717, 1.165) is 42.9 Å². The minimum atomic E-state index is -0.165. The van der Waals surface area contributed by atoms with Crippen LogP contribution in [-0.2, 0) is 19.6 Å². The molecule has 3 aromatic rings. The van der Waals surface area contributed by atoms with Crippen LogP contribution in [0.2, 0.25) is 0 Å². The van der Waals surface area contributed by atoms with Crippen LogP contribution < -0.4 is 5.32 Å². The summed E-state index contributed by atoms with van der Waals surface area (Å²) < 4.78 is 1.97. The van der Waals surface area contributed by atoms with Crippen molar-refractivity contribution in [3.8, 4) is 11.4 Å². The molecule has 2 N–H and O–H groups in total. The van der Waals surface area contributed by atoms with E-state index in [0.29, 0.717) is 24.1 Å². The molecule has 28 heavy (non-hydrogen) atoms. The summed E-state index contributed by atoms with van der Waals surface area (Å²) in [6, 6.07) is 10.1. The fraction of sp³-hybridized carbons (Fsp3) is 0.421. The van der Waals surface area contributed by atoms with Gasteiger partial charge < -0.3 is 5.32 Å². The van der Waals surface area contributed by atoms with Gasteiger partial charge in [-0.05, 0) is 43.2 Å². The minimum Gasteiger partial charge on any atom is -0.347 e.